The third kappa shape index (κ3) is 5.50. The van der Waals surface area contributed by atoms with Crippen LogP contribution in [-0.4, -0.2) is 19.1 Å². The molecule has 0 radical (unpaired) electrons. The maximum Gasteiger partial charge on any atom is 0.341 e. The molecule has 6 heteroatoms. The fourth-order valence-corrected chi connectivity index (χ4v) is 4.31. The van der Waals surface area contributed by atoms with Gasteiger partial charge in [0, 0.05) is 11.1 Å². The standard InChI is InChI=1S/C32H26N2O4/c1-37-31(35)27-21-25(33-32(36)34-28-18-10-16-22-11-8-9-17-26(22)28)19-20-29(27)38-30(23-12-4-2-5-13-23)24-14-6-3-7-15-24/h2-21,30H,1H3,(H2,33,34,36). The minimum atomic E-state index is -0.571. The smallest absolute Gasteiger partial charge is 0.341 e. The van der Waals surface area contributed by atoms with Gasteiger partial charge in [0.15, 0.2) is 0 Å². The van der Waals surface area contributed by atoms with Gasteiger partial charge in [-0.2, -0.15) is 0 Å². The number of fused-ring (bicyclic) bond motifs is 1. The Morgan fingerprint density at radius 3 is 2.00 bits per heavy atom. The van der Waals surface area contributed by atoms with Crippen molar-refractivity contribution in [2.75, 3.05) is 17.7 Å². The summed E-state index contributed by atoms with van der Waals surface area (Å²) in [5, 5.41) is 7.64. The number of benzene rings is 5. The quantitative estimate of drug-likeness (QED) is 0.227. The summed E-state index contributed by atoms with van der Waals surface area (Å²) in [5.41, 5.74) is 3.18. The molecule has 38 heavy (non-hydrogen) atoms. The lowest BCUT2D eigenvalue weighted by Crippen LogP contribution is -2.20. The lowest BCUT2D eigenvalue weighted by Gasteiger charge is -2.22. The number of nitrogens with one attached hydrogen (secondary N) is 2. The Morgan fingerprint density at radius 1 is 0.684 bits per heavy atom. The second-order valence-corrected chi connectivity index (χ2v) is 8.63. The first kappa shape index (κ1) is 24.6. The molecular weight excluding hydrogens is 476 g/mol. The van der Waals surface area contributed by atoms with Gasteiger partial charge in [-0.25, -0.2) is 9.59 Å². The van der Waals surface area contributed by atoms with Crippen molar-refractivity contribution in [3.63, 3.8) is 0 Å². The van der Waals surface area contributed by atoms with Crippen LogP contribution in [0.1, 0.15) is 27.6 Å². The van der Waals surface area contributed by atoms with E-state index in [2.05, 4.69) is 10.6 Å². The molecular formula is C32H26N2O4. The highest BCUT2D eigenvalue weighted by molar-refractivity contribution is 6.06. The highest BCUT2D eigenvalue weighted by Gasteiger charge is 2.21. The maximum absolute atomic E-state index is 12.8. The van der Waals surface area contributed by atoms with Crippen LogP contribution in [0, 0.1) is 0 Å². The number of carbonyl (C=O) groups excluding carboxylic acids is 2. The molecule has 5 aromatic rings. The van der Waals surface area contributed by atoms with Gasteiger partial charge in [-0.3, -0.25) is 0 Å². The Labute approximate surface area is 220 Å². The van der Waals surface area contributed by atoms with Crippen LogP contribution in [0.5, 0.6) is 5.75 Å². The molecule has 2 N–H and O–H groups in total. The topological polar surface area (TPSA) is 76.7 Å². The molecule has 0 bridgehead atoms. The molecule has 0 aliphatic carbocycles. The molecule has 2 amide bonds. The molecule has 5 aromatic carbocycles. The van der Waals surface area contributed by atoms with E-state index in [0.717, 1.165) is 21.9 Å². The molecule has 5 rings (SSSR count). The SMILES string of the molecule is COC(=O)c1cc(NC(=O)Nc2cccc3ccccc23)ccc1OC(c1ccccc1)c1ccccc1. The summed E-state index contributed by atoms with van der Waals surface area (Å²) in [4.78, 5) is 25.6. The molecule has 0 atom stereocenters. The summed E-state index contributed by atoms with van der Waals surface area (Å²) in [6.07, 6.45) is -0.450. The van der Waals surface area contributed by atoms with Crippen molar-refractivity contribution in [3.05, 3.63) is 138 Å². The van der Waals surface area contributed by atoms with Crippen LogP contribution in [0.2, 0.25) is 0 Å². The van der Waals surface area contributed by atoms with Gasteiger partial charge in [-0.15, -0.1) is 0 Å². The second-order valence-electron chi connectivity index (χ2n) is 8.63. The number of hydrogen-bond donors (Lipinski definition) is 2. The van der Waals surface area contributed by atoms with E-state index in [-0.39, 0.29) is 5.56 Å². The molecule has 0 aromatic heterocycles. The van der Waals surface area contributed by atoms with Crippen LogP contribution in [0.15, 0.2) is 121 Å². The molecule has 0 heterocycles. The van der Waals surface area contributed by atoms with Crippen LogP contribution < -0.4 is 15.4 Å². The summed E-state index contributed by atoms with van der Waals surface area (Å²) in [6.45, 7) is 0. The summed E-state index contributed by atoms with van der Waals surface area (Å²) in [6, 6.07) is 37.5. The first-order chi connectivity index (χ1) is 18.6. The van der Waals surface area contributed by atoms with Crippen molar-refractivity contribution in [2.24, 2.45) is 0 Å². The number of carbonyl (C=O) groups is 2. The zero-order chi connectivity index (χ0) is 26.3. The van der Waals surface area contributed by atoms with Crippen LogP contribution in [-0.2, 0) is 4.74 Å². The molecule has 6 nitrogen and oxygen atoms in total. The number of amides is 2. The predicted octanol–water partition coefficient (Wildman–Crippen LogP) is 7.44. The molecule has 0 fully saturated rings. The monoisotopic (exact) mass is 502 g/mol. The van der Waals surface area contributed by atoms with Crippen molar-refractivity contribution in [1.82, 2.24) is 0 Å². The molecule has 0 spiro atoms. The zero-order valence-corrected chi connectivity index (χ0v) is 20.8. The van der Waals surface area contributed by atoms with E-state index in [0.29, 0.717) is 17.1 Å². The highest BCUT2D eigenvalue weighted by atomic mass is 16.5. The summed E-state index contributed by atoms with van der Waals surface area (Å²) >= 11 is 0. The number of esters is 1. The number of methoxy groups -OCH3 is 1. The summed E-state index contributed by atoms with van der Waals surface area (Å²) in [7, 11) is 1.31. The first-order valence-electron chi connectivity index (χ1n) is 12.2. The zero-order valence-electron chi connectivity index (χ0n) is 20.8. The van der Waals surface area contributed by atoms with Gasteiger partial charge in [0.25, 0.3) is 0 Å². The van der Waals surface area contributed by atoms with Crippen molar-refractivity contribution >= 4 is 34.1 Å². The normalized spacial score (nSPS) is 10.7. The third-order valence-electron chi connectivity index (χ3n) is 6.13. The van der Waals surface area contributed by atoms with E-state index < -0.39 is 18.1 Å². The Hall–Kier alpha value is -5.10. The molecule has 0 saturated heterocycles. The van der Waals surface area contributed by atoms with E-state index >= 15 is 0 Å². The molecule has 0 aliphatic heterocycles. The fraction of sp³-hybridized carbons (Fsp3) is 0.0625. The van der Waals surface area contributed by atoms with E-state index in [1.54, 1.807) is 18.2 Å². The van der Waals surface area contributed by atoms with Gasteiger partial charge in [0.1, 0.15) is 17.4 Å². The van der Waals surface area contributed by atoms with Gasteiger partial charge in [-0.05, 0) is 40.8 Å². The minimum Gasteiger partial charge on any atom is -0.480 e. The number of rotatable bonds is 7. The van der Waals surface area contributed by atoms with Gasteiger partial charge in [0.2, 0.25) is 0 Å². The van der Waals surface area contributed by atoms with E-state index in [9.17, 15) is 9.59 Å². The summed E-state index contributed by atoms with van der Waals surface area (Å²) < 4.78 is 11.4. The van der Waals surface area contributed by atoms with Crippen molar-refractivity contribution in [2.45, 2.75) is 6.10 Å². The van der Waals surface area contributed by atoms with Crippen molar-refractivity contribution < 1.29 is 19.1 Å². The Balaban J connectivity index is 1.41. The van der Waals surface area contributed by atoms with Gasteiger partial charge >= 0.3 is 12.0 Å². The van der Waals surface area contributed by atoms with Crippen LogP contribution in [0.25, 0.3) is 10.8 Å². The van der Waals surface area contributed by atoms with Gasteiger partial charge < -0.3 is 20.1 Å². The Morgan fingerprint density at radius 2 is 1.32 bits per heavy atom. The first-order valence-corrected chi connectivity index (χ1v) is 12.2. The Kier molecular flexibility index (Phi) is 7.32. The molecule has 188 valence electrons. The maximum atomic E-state index is 12.8. The van der Waals surface area contributed by atoms with Crippen LogP contribution in [0.4, 0.5) is 16.2 Å². The molecule has 0 aliphatic rings. The predicted molar refractivity (Wildman–Crippen MR) is 150 cm³/mol. The van der Waals surface area contributed by atoms with Crippen molar-refractivity contribution in [3.8, 4) is 5.75 Å². The highest BCUT2D eigenvalue weighted by Crippen LogP contribution is 2.32. The summed E-state index contributed by atoms with van der Waals surface area (Å²) in [5.74, 6) is -0.229. The van der Waals surface area contributed by atoms with E-state index in [1.807, 2.05) is 103 Å². The average molecular weight is 503 g/mol. The van der Waals surface area contributed by atoms with Crippen LogP contribution >= 0.6 is 0 Å². The second kappa shape index (κ2) is 11.3. The number of ether oxygens (including phenoxy) is 2. The number of urea groups is 1. The lowest BCUT2D eigenvalue weighted by atomic mass is 10.0. The third-order valence-corrected chi connectivity index (χ3v) is 6.13. The number of anilines is 2. The van der Waals surface area contributed by atoms with Crippen molar-refractivity contribution in [1.29, 1.82) is 0 Å². The Bertz CT molecular complexity index is 1520. The van der Waals surface area contributed by atoms with Gasteiger partial charge in [-0.1, -0.05) is 97.1 Å². The molecule has 0 saturated carbocycles. The molecule has 0 unspecified atom stereocenters. The lowest BCUT2D eigenvalue weighted by molar-refractivity contribution is 0.0594. The van der Waals surface area contributed by atoms with Crippen LogP contribution in [0.3, 0.4) is 0 Å². The van der Waals surface area contributed by atoms with E-state index in [1.165, 1.54) is 7.11 Å². The van der Waals surface area contributed by atoms with Gasteiger partial charge in [0.05, 0.1) is 12.8 Å². The largest absolute Gasteiger partial charge is 0.480 e. The average Bonchev–Trinajstić information content (AvgIpc) is 2.97. The fourth-order valence-electron chi connectivity index (χ4n) is 4.31. The number of hydrogen-bond acceptors (Lipinski definition) is 4. The minimum absolute atomic E-state index is 0.201. The van der Waals surface area contributed by atoms with E-state index in [4.69, 9.17) is 9.47 Å².